The van der Waals surface area contributed by atoms with Gasteiger partial charge in [-0.2, -0.15) is 4.98 Å². The zero-order chi connectivity index (χ0) is 24.6. The number of anilines is 2. The molecule has 1 amide bonds. The lowest BCUT2D eigenvalue weighted by Crippen LogP contribution is -2.73. The maximum Gasteiger partial charge on any atom is 0.309 e. The van der Waals surface area contributed by atoms with Crippen molar-refractivity contribution in [2.24, 2.45) is 5.41 Å². The largest absolute Gasteiger partial charge is 0.481 e. The van der Waals surface area contributed by atoms with E-state index < -0.39 is 11.4 Å². The van der Waals surface area contributed by atoms with Gasteiger partial charge in [-0.3, -0.25) is 14.5 Å². The minimum atomic E-state index is -0.703. The molecule has 2 aromatic rings. The number of hydrogen-bond donors (Lipinski definition) is 2. The Hall–Kier alpha value is -3.29. The van der Waals surface area contributed by atoms with Crippen LogP contribution in [0.2, 0.25) is 0 Å². The normalized spacial score (nSPS) is 23.8. The fourth-order valence-electron chi connectivity index (χ4n) is 5.52. The van der Waals surface area contributed by atoms with Crippen LogP contribution in [-0.2, 0) is 11.3 Å². The molecule has 2 bridgehead atoms. The number of nitrogens with one attached hydrogen (secondary N) is 1. The molecule has 186 valence electrons. The molecule has 3 saturated carbocycles. The maximum atomic E-state index is 13.4. The second kappa shape index (κ2) is 9.06. The first-order valence-electron chi connectivity index (χ1n) is 12.6. The van der Waals surface area contributed by atoms with Gasteiger partial charge in [0.25, 0.3) is 5.91 Å². The Kier molecular flexibility index (Phi) is 6.07. The van der Waals surface area contributed by atoms with Crippen molar-refractivity contribution >= 4 is 23.3 Å². The molecule has 8 nitrogen and oxygen atoms in total. The summed E-state index contributed by atoms with van der Waals surface area (Å²) >= 11 is 0. The van der Waals surface area contributed by atoms with Crippen molar-refractivity contribution in [3.63, 3.8) is 0 Å². The van der Waals surface area contributed by atoms with E-state index in [1.165, 1.54) is 0 Å². The van der Waals surface area contributed by atoms with Crippen LogP contribution in [0.4, 0.5) is 11.4 Å². The van der Waals surface area contributed by atoms with Crippen LogP contribution in [0.1, 0.15) is 74.7 Å². The molecule has 4 aliphatic rings. The number of aromatic nitrogens is 1. The van der Waals surface area contributed by atoms with E-state index >= 15 is 0 Å². The summed E-state index contributed by atoms with van der Waals surface area (Å²) in [5.74, 6) is 0.109. The van der Waals surface area contributed by atoms with Crippen molar-refractivity contribution in [3.05, 3.63) is 41.5 Å². The quantitative estimate of drug-likeness (QED) is 0.412. The van der Waals surface area contributed by atoms with E-state index in [4.69, 9.17) is 9.47 Å². The highest BCUT2D eigenvalue weighted by atomic mass is 16.5. The molecule has 8 heteroatoms. The number of nitrogens with zero attached hydrogens (tertiary/aromatic N) is 2. The molecule has 1 aromatic heterocycles. The van der Waals surface area contributed by atoms with Crippen molar-refractivity contribution in [1.29, 1.82) is 0 Å². The Morgan fingerprint density at radius 3 is 2.49 bits per heavy atom. The number of rotatable bonds is 12. The molecule has 0 spiro atoms. The second-order valence-electron chi connectivity index (χ2n) is 10.1. The Labute approximate surface area is 205 Å². The SMILES string of the molecule is CCCCOc1ccc(N2Cc3c(NC45CC(C(=O)O)(C4)C5)cccc3C2=O)c(OCCCC)n1. The van der Waals surface area contributed by atoms with Crippen molar-refractivity contribution in [3.8, 4) is 11.8 Å². The van der Waals surface area contributed by atoms with E-state index in [2.05, 4.69) is 24.1 Å². The number of pyridine rings is 1. The summed E-state index contributed by atoms with van der Waals surface area (Å²) in [4.78, 5) is 31.2. The van der Waals surface area contributed by atoms with E-state index in [-0.39, 0.29) is 11.4 Å². The van der Waals surface area contributed by atoms with Gasteiger partial charge in [0, 0.05) is 28.4 Å². The molecular weight excluding hydrogens is 446 g/mol. The average molecular weight is 480 g/mol. The van der Waals surface area contributed by atoms with Crippen LogP contribution >= 0.6 is 0 Å². The summed E-state index contributed by atoms with van der Waals surface area (Å²) in [6.07, 6.45) is 5.77. The van der Waals surface area contributed by atoms with Crippen molar-refractivity contribution in [2.45, 2.75) is 70.9 Å². The van der Waals surface area contributed by atoms with E-state index in [9.17, 15) is 14.7 Å². The first-order chi connectivity index (χ1) is 16.9. The van der Waals surface area contributed by atoms with Crippen LogP contribution < -0.4 is 19.7 Å². The van der Waals surface area contributed by atoms with Crippen LogP contribution in [0.25, 0.3) is 0 Å². The van der Waals surface area contributed by atoms with Crippen LogP contribution in [0, 0.1) is 5.41 Å². The zero-order valence-electron chi connectivity index (χ0n) is 20.4. The summed E-state index contributed by atoms with van der Waals surface area (Å²) in [5, 5.41) is 13.0. The predicted octanol–water partition coefficient (Wildman–Crippen LogP) is 5.02. The fourth-order valence-corrected chi connectivity index (χ4v) is 5.52. The van der Waals surface area contributed by atoms with Gasteiger partial charge in [0.15, 0.2) is 0 Å². The lowest BCUT2D eigenvalue weighted by Gasteiger charge is -2.68. The average Bonchev–Trinajstić information content (AvgIpc) is 3.12. The number of carbonyl (C=O) groups excluding carboxylic acids is 1. The minimum Gasteiger partial charge on any atom is -0.481 e. The highest BCUT2D eigenvalue weighted by molar-refractivity contribution is 6.11. The van der Waals surface area contributed by atoms with Gasteiger partial charge < -0.3 is 19.9 Å². The smallest absolute Gasteiger partial charge is 0.309 e. The molecule has 0 atom stereocenters. The van der Waals surface area contributed by atoms with E-state index in [0.717, 1.165) is 36.9 Å². The second-order valence-corrected chi connectivity index (χ2v) is 10.1. The molecule has 0 radical (unpaired) electrons. The first kappa shape index (κ1) is 23.5. The maximum absolute atomic E-state index is 13.4. The summed E-state index contributed by atoms with van der Waals surface area (Å²) in [7, 11) is 0. The number of carbonyl (C=O) groups is 2. The van der Waals surface area contributed by atoms with Gasteiger partial charge in [0.1, 0.15) is 5.69 Å². The third kappa shape index (κ3) is 4.09. The number of aliphatic carboxylic acids is 1. The summed E-state index contributed by atoms with van der Waals surface area (Å²) in [6.45, 7) is 5.72. The number of hydrogen-bond acceptors (Lipinski definition) is 6. The van der Waals surface area contributed by atoms with E-state index in [0.29, 0.717) is 62.0 Å². The number of amides is 1. The molecule has 2 N–H and O–H groups in total. The summed E-state index contributed by atoms with van der Waals surface area (Å²) < 4.78 is 11.8. The third-order valence-electron chi connectivity index (χ3n) is 7.44. The third-order valence-corrected chi connectivity index (χ3v) is 7.44. The zero-order valence-corrected chi connectivity index (χ0v) is 20.4. The number of ether oxygens (including phenoxy) is 2. The van der Waals surface area contributed by atoms with Gasteiger partial charge in [-0.25, -0.2) is 0 Å². The molecular formula is C27H33N3O5. The van der Waals surface area contributed by atoms with Gasteiger partial charge in [-0.1, -0.05) is 32.8 Å². The topological polar surface area (TPSA) is 101 Å². The lowest BCUT2D eigenvalue weighted by molar-refractivity contribution is -0.186. The van der Waals surface area contributed by atoms with E-state index in [1.54, 1.807) is 11.0 Å². The molecule has 0 saturated heterocycles. The van der Waals surface area contributed by atoms with Crippen LogP contribution in [0.15, 0.2) is 30.3 Å². The highest BCUT2D eigenvalue weighted by Crippen LogP contribution is 2.68. The van der Waals surface area contributed by atoms with Gasteiger partial charge >= 0.3 is 5.97 Å². The predicted molar refractivity (Wildman–Crippen MR) is 132 cm³/mol. The fraction of sp³-hybridized carbons (Fsp3) is 0.519. The molecule has 3 fully saturated rings. The Balaban J connectivity index is 1.37. The molecule has 6 rings (SSSR count). The first-order valence-corrected chi connectivity index (χ1v) is 12.6. The Morgan fingerprint density at radius 1 is 1.09 bits per heavy atom. The molecule has 2 heterocycles. The Bertz CT molecular complexity index is 1130. The molecule has 35 heavy (non-hydrogen) atoms. The van der Waals surface area contributed by atoms with Crippen LogP contribution in [0.5, 0.6) is 11.8 Å². The van der Waals surface area contributed by atoms with Gasteiger partial charge in [-0.15, -0.1) is 0 Å². The van der Waals surface area contributed by atoms with Crippen LogP contribution in [-0.4, -0.2) is 40.7 Å². The minimum absolute atomic E-state index is 0.0926. The monoisotopic (exact) mass is 479 g/mol. The molecule has 1 aromatic carbocycles. The number of carboxylic acids is 1. The number of unbranched alkanes of at least 4 members (excludes halogenated alkanes) is 2. The summed E-state index contributed by atoms with van der Waals surface area (Å²) in [6, 6.07) is 9.34. The van der Waals surface area contributed by atoms with Crippen molar-refractivity contribution in [2.75, 3.05) is 23.4 Å². The molecule has 3 aliphatic carbocycles. The van der Waals surface area contributed by atoms with Gasteiger partial charge in [-0.05, 0) is 50.3 Å². The highest BCUT2D eigenvalue weighted by Gasteiger charge is 2.72. The molecule has 1 aliphatic heterocycles. The number of fused-ring (bicyclic) bond motifs is 1. The van der Waals surface area contributed by atoms with E-state index in [1.807, 2.05) is 24.3 Å². The number of benzene rings is 1. The van der Waals surface area contributed by atoms with Gasteiger partial charge in [0.2, 0.25) is 11.8 Å². The van der Waals surface area contributed by atoms with Gasteiger partial charge in [0.05, 0.1) is 25.2 Å². The number of carboxylic acid groups (broad SMARTS) is 1. The van der Waals surface area contributed by atoms with Crippen molar-refractivity contribution in [1.82, 2.24) is 4.98 Å². The lowest BCUT2D eigenvalue weighted by atomic mass is 9.39. The summed E-state index contributed by atoms with van der Waals surface area (Å²) in [5.41, 5.74) is 2.39. The molecule has 0 unspecified atom stereocenters. The van der Waals surface area contributed by atoms with Crippen molar-refractivity contribution < 1.29 is 24.2 Å². The Morgan fingerprint density at radius 2 is 1.80 bits per heavy atom. The standard InChI is InChI=1S/C27H33N3O5/c1-3-5-12-34-22-11-10-21(23(28-22)35-13-6-4-2)30-14-19-18(24(30)31)8-7-9-20(19)29-27-15-26(16-27,17-27)25(32)33/h7-11,29H,3-6,12-17H2,1-2H3,(H,32,33). The van der Waals surface area contributed by atoms with Crippen LogP contribution in [0.3, 0.4) is 0 Å².